The monoisotopic (exact) mass is 348 g/mol. The lowest BCUT2D eigenvalue weighted by Crippen LogP contribution is -2.08. The highest BCUT2D eigenvalue weighted by atomic mass is 32.2. The summed E-state index contributed by atoms with van der Waals surface area (Å²) in [4.78, 5) is 0.201. The van der Waals surface area contributed by atoms with Gasteiger partial charge in [-0.05, 0) is 49.9 Å². The molecule has 2 aromatic rings. The average molecular weight is 348 g/mol. The van der Waals surface area contributed by atoms with Crippen LogP contribution in [-0.4, -0.2) is 21.6 Å². The molecule has 0 atom stereocenters. The largest absolute Gasteiger partial charge is 0.377 e. The second kappa shape index (κ2) is 8.97. The lowest BCUT2D eigenvalue weighted by atomic mass is 10.1. The molecule has 0 saturated carbocycles. The van der Waals surface area contributed by atoms with E-state index >= 15 is 0 Å². The molecule has 0 fully saturated rings. The Labute approximate surface area is 144 Å². The van der Waals surface area contributed by atoms with Gasteiger partial charge < -0.3 is 4.74 Å². The third kappa shape index (κ3) is 5.74. The first-order chi connectivity index (χ1) is 11.5. The summed E-state index contributed by atoms with van der Waals surface area (Å²) < 4.78 is 34.7. The Morgan fingerprint density at radius 1 is 1.00 bits per heavy atom. The second-order valence-corrected chi connectivity index (χ2v) is 7.27. The molecule has 5 heteroatoms. The molecule has 0 aliphatic rings. The summed E-state index contributed by atoms with van der Waals surface area (Å²) in [6, 6.07) is 14.8. The van der Waals surface area contributed by atoms with Gasteiger partial charge in [0, 0.05) is 6.61 Å². The summed E-state index contributed by atoms with van der Waals surface area (Å²) in [5.41, 5.74) is 3.30. The van der Waals surface area contributed by atoms with Crippen LogP contribution in [-0.2, 0) is 32.1 Å². The molecular formula is C19H24O4S. The van der Waals surface area contributed by atoms with Crippen molar-refractivity contribution >= 4 is 10.1 Å². The van der Waals surface area contributed by atoms with Gasteiger partial charge in [0.15, 0.2) is 0 Å². The standard InChI is InChI=1S/C19H24O4S/c1-3-22-15-18-7-4-6-17(14-18)8-5-13-23-24(20,21)19-11-9-16(2)10-12-19/h4,6-7,9-12,14H,3,5,8,13,15H2,1-2H3. The van der Waals surface area contributed by atoms with E-state index in [1.54, 1.807) is 24.3 Å². The predicted octanol–water partition coefficient (Wildman–Crippen LogP) is 3.87. The lowest BCUT2D eigenvalue weighted by molar-refractivity contribution is 0.134. The maximum atomic E-state index is 12.1. The van der Waals surface area contributed by atoms with Gasteiger partial charge in [0.05, 0.1) is 18.1 Å². The van der Waals surface area contributed by atoms with Gasteiger partial charge in [-0.2, -0.15) is 8.42 Å². The molecule has 0 aliphatic heterocycles. The molecule has 0 aromatic heterocycles. The first-order valence-electron chi connectivity index (χ1n) is 8.13. The molecule has 0 unspecified atom stereocenters. The van der Waals surface area contributed by atoms with Gasteiger partial charge in [-0.1, -0.05) is 42.0 Å². The van der Waals surface area contributed by atoms with Crippen LogP contribution in [0.1, 0.15) is 30.0 Å². The van der Waals surface area contributed by atoms with Crippen molar-refractivity contribution in [3.8, 4) is 0 Å². The minimum Gasteiger partial charge on any atom is -0.377 e. The lowest BCUT2D eigenvalue weighted by Gasteiger charge is -2.07. The van der Waals surface area contributed by atoms with Gasteiger partial charge in [-0.15, -0.1) is 0 Å². The molecule has 0 aliphatic carbocycles. The van der Waals surface area contributed by atoms with E-state index in [1.165, 1.54) is 0 Å². The van der Waals surface area contributed by atoms with Crippen LogP contribution in [0, 0.1) is 6.92 Å². The molecular weight excluding hydrogens is 324 g/mol. The quantitative estimate of drug-likeness (QED) is 0.510. The SMILES string of the molecule is CCOCc1cccc(CCCOS(=O)(=O)c2ccc(C)cc2)c1. The van der Waals surface area contributed by atoms with Gasteiger partial charge in [0.25, 0.3) is 10.1 Å². The number of benzene rings is 2. The number of hydrogen-bond acceptors (Lipinski definition) is 4. The number of rotatable bonds is 9. The minimum atomic E-state index is -3.67. The predicted molar refractivity (Wildman–Crippen MR) is 94.4 cm³/mol. The van der Waals surface area contributed by atoms with Crippen molar-refractivity contribution < 1.29 is 17.3 Å². The van der Waals surface area contributed by atoms with Crippen molar-refractivity contribution in [1.29, 1.82) is 0 Å². The van der Waals surface area contributed by atoms with E-state index in [2.05, 4.69) is 6.07 Å². The Bertz CT molecular complexity index is 736. The topological polar surface area (TPSA) is 52.6 Å². The second-order valence-electron chi connectivity index (χ2n) is 5.65. The van der Waals surface area contributed by atoms with Crippen molar-refractivity contribution in [2.75, 3.05) is 13.2 Å². The van der Waals surface area contributed by atoms with Crippen molar-refractivity contribution in [2.45, 2.75) is 38.2 Å². The van der Waals surface area contributed by atoms with Crippen LogP contribution in [0.2, 0.25) is 0 Å². The molecule has 24 heavy (non-hydrogen) atoms. The summed E-state index contributed by atoms with van der Waals surface area (Å²) in [6.07, 6.45) is 1.41. The third-order valence-electron chi connectivity index (χ3n) is 3.62. The smallest absolute Gasteiger partial charge is 0.296 e. The van der Waals surface area contributed by atoms with Crippen LogP contribution >= 0.6 is 0 Å². The van der Waals surface area contributed by atoms with Gasteiger partial charge >= 0.3 is 0 Å². The van der Waals surface area contributed by atoms with Crippen molar-refractivity contribution in [2.24, 2.45) is 0 Å². The Balaban J connectivity index is 1.83. The Morgan fingerprint density at radius 3 is 2.42 bits per heavy atom. The molecule has 4 nitrogen and oxygen atoms in total. The Hall–Kier alpha value is -1.69. The Kier molecular flexibility index (Phi) is 6.97. The van der Waals surface area contributed by atoms with Gasteiger partial charge in [-0.25, -0.2) is 0 Å². The zero-order chi connectivity index (χ0) is 17.4. The van der Waals surface area contributed by atoms with Crippen LogP contribution in [0.4, 0.5) is 0 Å². The van der Waals surface area contributed by atoms with Crippen LogP contribution in [0.5, 0.6) is 0 Å². The highest BCUT2D eigenvalue weighted by Gasteiger charge is 2.14. The molecule has 0 spiro atoms. The fourth-order valence-corrected chi connectivity index (χ4v) is 3.26. The van der Waals surface area contributed by atoms with Gasteiger partial charge in [0.2, 0.25) is 0 Å². The molecule has 2 aromatic carbocycles. The van der Waals surface area contributed by atoms with Crippen LogP contribution < -0.4 is 0 Å². The normalized spacial score (nSPS) is 11.6. The number of hydrogen-bond donors (Lipinski definition) is 0. The highest BCUT2D eigenvalue weighted by molar-refractivity contribution is 7.86. The van der Waals surface area contributed by atoms with Gasteiger partial charge in [-0.3, -0.25) is 4.18 Å². The summed E-state index contributed by atoms with van der Waals surface area (Å²) in [7, 11) is -3.67. The maximum absolute atomic E-state index is 12.1. The highest BCUT2D eigenvalue weighted by Crippen LogP contribution is 2.14. The molecule has 0 saturated heterocycles. The zero-order valence-corrected chi connectivity index (χ0v) is 15.0. The number of ether oxygens (including phenoxy) is 1. The molecule has 0 N–H and O–H groups in total. The molecule has 0 radical (unpaired) electrons. The molecule has 2 rings (SSSR count). The van der Waals surface area contributed by atoms with E-state index in [0.29, 0.717) is 19.6 Å². The van der Waals surface area contributed by atoms with Crippen molar-refractivity contribution in [3.05, 3.63) is 65.2 Å². The molecule has 0 heterocycles. The van der Waals surface area contributed by atoms with E-state index in [4.69, 9.17) is 8.92 Å². The van der Waals surface area contributed by atoms with E-state index in [1.807, 2.05) is 32.0 Å². The van der Waals surface area contributed by atoms with Crippen molar-refractivity contribution in [1.82, 2.24) is 0 Å². The minimum absolute atomic E-state index is 0.173. The van der Waals surface area contributed by atoms with Crippen LogP contribution in [0.25, 0.3) is 0 Å². The van der Waals surface area contributed by atoms with Crippen LogP contribution in [0.15, 0.2) is 53.4 Å². The fourth-order valence-electron chi connectivity index (χ4n) is 2.31. The van der Waals surface area contributed by atoms with E-state index in [0.717, 1.165) is 23.1 Å². The van der Waals surface area contributed by atoms with Crippen molar-refractivity contribution in [3.63, 3.8) is 0 Å². The Morgan fingerprint density at radius 2 is 1.71 bits per heavy atom. The van der Waals surface area contributed by atoms with E-state index in [-0.39, 0.29) is 11.5 Å². The first kappa shape index (κ1) is 18.6. The summed E-state index contributed by atoms with van der Waals surface area (Å²) in [5, 5.41) is 0. The van der Waals surface area contributed by atoms with Crippen LogP contribution in [0.3, 0.4) is 0 Å². The molecule has 0 amide bonds. The average Bonchev–Trinajstić information content (AvgIpc) is 2.58. The summed E-state index contributed by atoms with van der Waals surface area (Å²) >= 11 is 0. The molecule has 130 valence electrons. The fraction of sp³-hybridized carbons (Fsp3) is 0.368. The first-order valence-corrected chi connectivity index (χ1v) is 9.54. The van der Waals surface area contributed by atoms with E-state index in [9.17, 15) is 8.42 Å². The van der Waals surface area contributed by atoms with E-state index < -0.39 is 10.1 Å². The summed E-state index contributed by atoms with van der Waals surface area (Å²) in [6.45, 7) is 5.34. The third-order valence-corrected chi connectivity index (χ3v) is 4.95. The van der Waals surface area contributed by atoms with Gasteiger partial charge in [0.1, 0.15) is 0 Å². The number of aryl methyl sites for hydroxylation is 2. The zero-order valence-electron chi connectivity index (χ0n) is 14.2. The summed E-state index contributed by atoms with van der Waals surface area (Å²) in [5.74, 6) is 0. The maximum Gasteiger partial charge on any atom is 0.296 e. The molecule has 0 bridgehead atoms.